The van der Waals surface area contributed by atoms with Gasteiger partial charge >= 0.3 is 6.03 Å². The molecule has 24 heavy (non-hydrogen) atoms. The van der Waals surface area contributed by atoms with Gasteiger partial charge in [-0.05, 0) is 50.6 Å². The zero-order valence-electron chi connectivity index (χ0n) is 14.1. The van der Waals surface area contributed by atoms with E-state index in [4.69, 9.17) is 4.74 Å². The zero-order valence-corrected chi connectivity index (χ0v) is 14.1. The summed E-state index contributed by atoms with van der Waals surface area (Å²) in [4.78, 5) is 16.0. The molecule has 1 aromatic heterocycles. The van der Waals surface area contributed by atoms with Crippen LogP contribution in [0.5, 0.6) is 5.75 Å². The summed E-state index contributed by atoms with van der Waals surface area (Å²) >= 11 is 0. The highest BCUT2D eigenvalue weighted by Gasteiger charge is 2.11. The second-order valence-electron chi connectivity index (χ2n) is 5.78. The molecule has 1 heterocycles. The molecule has 0 saturated heterocycles. The smallest absolute Gasteiger partial charge is 0.319 e. The standard InChI is InChI=1S/C18H23N3O3/c1-12(2)24-16-6-4-5-14(10-16)17(22)11-20-18(23)21-15-7-8-19-13(3)9-15/h4-10,12,17,22H,11H2,1-3H3,(H2,19,20,21,23). The number of carbonyl (C=O) groups excluding carboxylic acids is 1. The first-order valence-electron chi connectivity index (χ1n) is 7.86. The molecule has 3 N–H and O–H groups in total. The summed E-state index contributed by atoms with van der Waals surface area (Å²) < 4.78 is 5.60. The molecule has 1 aromatic carbocycles. The normalized spacial score (nSPS) is 11.9. The van der Waals surface area contributed by atoms with E-state index in [1.807, 2.05) is 32.9 Å². The molecule has 1 atom stereocenters. The fourth-order valence-corrected chi connectivity index (χ4v) is 2.17. The van der Waals surface area contributed by atoms with Crippen LogP contribution in [0.1, 0.15) is 31.2 Å². The number of hydrogen-bond acceptors (Lipinski definition) is 4. The third-order valence-corrected chi connectivity index (χ3v) is 3.23. The molecule has 0 aliphatic heterocycles. The monoisotopic (exact) mass is 329 g/mol. The molecule has 0 spiro atoms. The third kappa shape index (κ3) is 5.55. The molecule has 2 amide bonds. The van der Waals surface area contributed by atoms with Gasteiger partial charge in [0.2, 0.25) is 0 Å². The number of benzene rings is 1. The maximum atomic E-state index is 11.9. The van der Waals surface area contributed by atoms with E-state index in [1.54, 1.807) is 30.5 Å². The second kappa shape index (κ2) is 8.31. The molecule has 0 fully saturated rings. The summed E-state index contributed by atoms with van der Waals surface area (Å²) in [6, 6.07) is 10.3. The van der Waals surface area contributed by atoms with Crippen LogP contribution in [0.15, 0.2) is 42.6 Å². The van der Waals surface area contributed by atoms with Crippen LogP contribution >= 0.6 is 0 Å². The molecule has 2 aromatic rings. The number of ether oxygens (including phenoxy) is 1. The van der Waals surface area contributed by atoms with Gasteiger partial charge < -0.3 is 20.5 Å². The van der Waals surface area contributed by atoms with E-state index in [0.29, 0.717) is 17.0 Å². The Morgan fingerprint density at radius 3 is 2.79 bits per heavy atom. The van der Waals surface area contributed by atoms with Crippen LogP contribution in [-0.4, -0.2) is 28.8 Å². The summed E-state index contributed by atoms with van der Waals surface area (Å²) in [5, 5.41) is 15.6. The van der Waals surface area contributed by atoms with Crippen molar-refractivity contribution in [3.63, 3.8) is 0 Å². The van der Waals surface area contributed by atoms with Crippen LogP contribution in [0.25, 0.3) is 0 Å². The quantitative estimate of drug-likeness (QED) is 0.760. The number of carbonyl (C=O) groups is 1. The zero-order chi connectivity index (χ0) is 17.5. The molecule has 128 valence electrons. The first-order valence-corrected chi connectivity index (χ1v) is 7.86. The lowest BCUT2D eigenvalue weighted by Crippen LogP contribution is -2.32. The van der Waals surface area contributed by atoms with Gasteiger partial charge in [-0.2, -0.15) is 0 Å². The number of rotatable bonds is 6. The van der Waals surface area contributed by atoms with E-state index in [1.165, 1.54) is 0 Å². The highest BCUT2D eigenvalue weighted by molar-refractivity contribution is 5.89. The number of urea groups is 1. The summed E-state index contributed by atoms with van der Waals surface area (Å²) in [7, 11) is 0. The Bertz CT molecular complexity index is 689. The van der Waals surface area contributed by atoms with Crippen LogP contribution in [0, 0.1) is 6.92 Å². The Morgan fingerprint density at radius 2 is 2.08 bits per heavy atom. The van der Waals surface area contributed by atoms with E-state index in [2.05, 4.69) is 15.6 Å². The van der Waals surface area contributed by atoms with E-state index < -0.39 is 6.10 Å². The van der Waals surface area contributed by atoms with Gasteiger partial charge in [-0.25, -0.2) is 4.79 Å². The van der Waals surface area contributed by atoms with Gasteiger partial charge in [0.15, 0.2) is 0 Å². The lowest BCUT2D eigenvalue weighted by molar-refractivity contribution is 0.174. The molecular weight excluding hydrogens is 306 g/mol. The van der Waals surface area contributed by atoms with Gasteiger partial charge in [0.1, 0.15) is 5.75 Å². The number of nitrogens with one attached hydrogen (secondary N) is 2. The highest BCUT2D eigenvalue weighted by Crippen LogP contribution is 2.20. The average molecular weight is 329 g/mol. The van der Waals surface area contributed by atoms with Crippen molar-refractivity contribution in [2.24, 2.45) is 0 Å². The maximum Gasteiger partial charge on any atom is 0.319 e. The molecule has 0 bridgehead atoms. The van der Waals surface area contributed by atoms with Gasteiger partial charge in [-0.3, -0.25) is 4.98 Å². The topological polar surface area (TPSA) is 83.5 Å². The van der Waals surface area contributed by atoms with E-state index in [-0.39, 0.29) is 18.7 Å². The minimum Gasteiger partial charge on any atom is -0.491 e. The van der Waals surface area contributed by atoms with Crippen molar-refractivity contribution in [1.82, 2.24) is 10.3 Å². The van der Waals surface area contributed by atoms with E-state index in [0.717, 1.165) is 5.69 Å². The molecule has 0 radical (unpaired) electrons. The Morgan fingerprint density at radius 1 is 1.29 bits per heavy atom. The Kier molecular flexibility index (Phi) is 6.14. The van der Waals surface area contributed by atoms with Crippen molar-refractivity contribution < 1.29 is 14.6 Å². The molecule has 0 saturated carbocycles. The molecular formula is C18H23N3O3. The Labute approximate surface area is 141 Å². The summed E-state index contributed by atoms with van der Waals surface area (Å²) in [5.41, 5.74) is 2.16. The summed E-state index contributed by atoms with van der Waals surface area (Å²) in [6.45, 7) is 5.83. The van der Waals surface area contributed by atoms with Crippen LogP contribution in [0.3, 0.4) is 0 Å². The van der Waals surface area contributed by atoms with Crippen molar-refractivity contribution in [3.8, 4) is 5.75 Å². The lowest BCUT2D eigenvalue weighted by atomic mass is 10.1. The number of aryl methyl sites for hydroxylation is 1. The number of aromatic nitrogens is 1. The van der Waals surface area contributed by atoms with Crippen LogP contribution in [0.4, 0.5) is 10.5 Å². The summed E-state index contributed by atoms with van der Waals surface area (Å²) in [5.74, 6) is 0.693. The van der Waals surface area contributed by atoms with Crippen LogP contribution < -0.4 is 15.4 Å². The summed E-state index contributed by atoms with van der Waals surface area (Å²) in [6.07, 6.45) is 0.871. The van der Waals surface area contributed by atoms with Crippen LogP contribution in [0.2, 0.25) is 0 Å². The average Bonchev–Trinajstić information content (AvgIpc) is 2.52. The number of aliphatic hydroxyl groups excluding tert-OH is 1. The highest BCUT2D eigenvalue weighted by atomic mass is 16.5. The van der Waals surface area contributed by atoms with E-state index >= 15 is 0 Å². The number of pyridine rings is 1. The number of hydrogen-bond donors (Lipinski definition) is 3. The van der Waals surface area contributed by atoms with Gasteiger partial charge in [-0.15, -0.1) is 0 Å². The number of amides is 2. The van der Waals surface area contributed by atoms with Crippen molar-refractivity contribution in [2.75, 3.05) is 11.9 Å². The SMILES string of the molecule is Cc1cc(NC(=O)NCC(O)c2cccc(OC(C)C)c2)ccn1. The molecule has 6 nitrogen and oxygen atoms in total. The van der Waals surface area contributed by atoms with Gasteiger partial charge in [0.25, 0.3) is 0 Å². The fraction of sp³-hybridized carbons (Fsp3) is 0.333. The van der Waals surface area contributed by atoms with Gasteiger partial charge in [-0.1, -0.05) is 12.1 Å². The number of anilines is 1. The first kappa shape index (κ1) is 17.7. The molecule has 2 rings (SSSR count). The first-order chi connectivity index (χ1) is 11.4. The van der Waals surface area contributed by atoms with Gasteiger partial charge in [0.05, 0.1) is 12.2 Å². The molecule has 6 heteroatoms. The predicted molar refractivity (Wildman–Crippen MR) is 93.2 cm³/mol. The molecule has 0 aliphatic carbocycles. The van der Waals surface area contributed by atoms with Crippen LogP contribution in [-0.2, 0) is 0 Å². The molecule has 1 unspecified atom stereocenters. The number of nitrogens with zero attached hydrogens (tertiary/aromatic N) is 1. The second-order valence-corrected chi connectivity index (χ2v) is 5.78. The van der Waals surface area contributed by atoms with Crippen molar-refractivity contribution in [3.05, 3.63) is 53.9 Å². The largest absolute Gasteiger partial charge is 0.491 e. The molecule has 0 aliphatic rings. The number of aliphatic hydroxyl groups is 1. The van der Waals surface area contributed by atoms with Crippen molar-refractivity contribution in [2.45, 2.75) is 33.0 Å². The maximum absolute atomic E-state index is 11.9. The minimum absolute atomic E-state index is 0.0603. The Balaban J connectivity index is 1.88. The third-order valence-electron chi connectivity index (χ3n) is 3.23. The van der Waals surface area contributed by atoms with Gasteiger partial charge in [0, 0.05) is 24.1 Å². The minimum atomic E-state index is -0.814. The lowest BCUT2D eigenvalue weighted by Gasteiger charge is -2.15. The van der Waals surface area contributed by atoms with Crippen molar-refractivity contribution in [1.29, 1.82) is 0 Å². The van der Waals surface area contributed by atoms with E-state index in [9.17, 15) is 9.90 Å². The predicted octanol–water partition coefficient (Wildman–Crippen LogP) is 3.03. The van der Waals surface area contributed by atoms with Crippen molar-refractivity contribution >= 4 is 11.7 Å². The fourth-order valence-electron chi connectivity index (χ4n) is 2.17. The Hall–Kier alpha value is -2.60.